The molecular formula is C16H18N4O3. The van der Waals surface area contributed by atoms with Gasteiger partial charge in [0.15, 0.2) is 0 Å². The quantitative estimate of drug-likeness (QED) is 0.826. The Kier molecular flexibility index (Phi) is 4.47. The Balaban J connectivity index is 1.72. The van der Waals surface area contributed by atoms with E-state index in [1.165, 1.54) is 0 Å². The fraction of sp³-hybridized carbons (Fsp3) is 0.375. The molecule has 0 radical (unpaired) electrons. The van der Waals surface area contributed by atoms with Crippen molar-refractivity contribution in [3.63, 3.8) is 0 Å². The van der Waals surface area contributed by atoms with Gasteiger partial charge in [0.1, 0.15) is 12.1 Å². The molecule has 0 unspecified atom stereocenters. The van der Waals surface area contributed by atoms with Gasteiger partial charge in [0, 0.05) is 19.2 Å². The molecule has 0 bridgehead atoms. The average Bonchev–Trinajstić information content (AvgIpc) is 3.08. The minimum Gasteiger partial charge on any atom is -0.368 e. The molecule has 0 aliphatic carbocycles. The van der Waals surface area contributed by atoms with Crippen molar-refractivity contribution < 1.29 is 14.3 Å². The molecule has 7 nitrogen and oxygen atoms in total. The normalized spacial score (nSPS) is 18.7. The minimum atomic E-state index is -0.831. The van der Waals surface area contributed by atoms with Crippen LogP contribution >= 0.6 is 0 Å². The molecule has 1 aromatic heterocycles. The standard InChI is InChI=1S/C16H18N4O3/c17-15(21)13(20-16(22)14-6-3-7-23-14)8-10-9-18-11-4-1-2-5-12(11)19-10/h1-2,4-5,9,13-14H,3,6-8H2,(H2,17,21)(H,20,22)/t13-,14+/m1/s1. The Labute approximate surface area is 133 Å². The van der Waals surface area contributed by atoms with Crippen LogP contribution in [0, 0.1) is 0 Å². The first-order valence-electron chi connectivity index (χ1n) is 7.55. The summed E-state index contributed by atoms with van der Waals surface area (Å²) in [5.41, 5.74) is 7.51. The van der Waals surface area contributed by atoms with Crippen LogP contribution < -0.4 is 11.1 Å². The van der Waals surface area contributed by atoms with E-state index in [1.807, 2.05) is 24.3 Å². The molecule has 1 saturated heterocycles. The number of amides is 2. The van der Waals surface area contributed by atoms with E-state index in [9.17, 15) is 9.59 Å². The lowest BCUT2D eigenvalue weighted by Gasteiger charge is -2.17. The van der Waals surface area contributed by atoms with Gasteiger partial charge in [-0.25, -0.2) is 4.98 Å². The van der Waals surface area contributed by atoms with Crippen molar-refractivity contribution in [2.24, 2.45) is 5.73 Å². The van der Waals surface area contributed by atoms with Crippen LogP contribution in [-0.4, -0.2) is 40.5 Å². The maximum absolute atomic E-state index is 12.1. The number of carbonyl (C=O) groups excluding carboxylic acids is 2. The number of ether oxygens (including phenoxy) is 1. The minimum absolute atomic E-state index is 0.200. The summed E-state index contributed by atoms with van der Waals surface area (Å²) in [5.74, 6) is -0.911. The molecule has 0 saturated carbocycles. The van der Waals surface area contributed by atoms with Gasteiger partial charge in [-0.15, -0.1) is 0 Å². The van der Waals surface area contributed by atoms with Crippen LogP contribution in [0.4, 0.5) is 0 Å². The van der Waals surface area contributed by atoms with Crippen LogP contribution in [0.5, 0.6) is 0 Å². The van der Waals surface area contributed by atoms with Gasteiger partial charge in [-0.05, 0) is 25.0 Å². The maximum atomic E-state index is 12.1. The fourth-order valence-electron chi connectivity index (χ4n) is 2.57. The van der Waals surface area contributed by atoms with E-state index in [2.05, 4.69) is 15.3 Å². The first kappa shape index (κ1) is 15.4. The highest BCUT2D eigenvalue weighted by atomic mass is 16.5. The number of carbonyl (C=O) groups is 2. The Morgan fingerprint density at radius 3 is 2.83 bits per heavy atom. The van der Waals surface area contributed by atoms with Gasteiger partial charge in [-0.3, -0.25) is 14.6 Å². The zero-order valence-electron chi connectivity index (χ0n) is 12.6. The van der Waals surface area contributed by atoms with Gasteiger partial charge in [-0.2, -0.15) is 0 Å². The van der Waals surface area contributed by atoms with Gasteiger partial charge in [0.2, 0.25) is 11.8 Å². The smallest absolute Gasteiger partial charge is 0.249 e. The lowest BCUT2D eigenvalue weighted by Crippen LogP contribution is -2.49. The Bertz CT molecular complexity index is 728. The third-order valence-corrected chi connectivity index (χ3v) is 3.79. The van der Waals surface area contributed by atoms with E-state index in [1.54, 1.807) is 6.20 Å². The van der Waals surface area contributed by atoms with Crippen LogP contribution in [-0.2, 0) is 20.7 Å². The number of benzene rings is 1. The Morgan fingerprint density at radius 1 is 1.35 bits per heavy atom. The molecule has 2 aromatic rings. The molecule has 1 aliphatic rings. The van der Waals surface area contributed by atoms with Gasteiger partial charge in [0.05, 0.1) is 16.7 Å². The highest BCUT2D eigenvalue weighted by Gasteiger charge is 2.27. The molecule has 1 aromatic carbocycles. The second-order valence-electron chi connectivity index (χ2n) is 5.52. The Hall–Kier alpha value is -2.54. The third kappa shape index (κ3) is 3.62. The fourth-order valence-corrected chi connectivity index (χ4v) is 2.57. The number of nitrogens with two attached hydrogens (primary N) is 1. The number of aromatic nitrogens is 2. The van der Waals surface area contributed by atoms with Crippen molar-refractivity contribution in [2.45, 2.75) is 31.4 Å². The predicted molar refractivity (Wildman–Crippen MR) is 83.3 cm³/mol. The topological polar surface area (TPSA) is 107 Å². The van der Waals surface area contributed by atoms with E-state index in [0.717, 1.165) is 17.5 Å². The van der Waals surface area contributed by atoms with Crippen LogP contribution in [0.15, 0.2) is 30.5 Å². The number of rotatable bonds is 5. The van der Waals surface area contributed by atoms with Crippen molar-refractivity contribution in [2.75, 3.05) is 6.61 Å². The number of para-hydroxylation sites is 2. The SMILES string of the molecule is NC(=O)[C@@H](Cc1cnc2ccccc2n1)NC(=O)[C@@H]1CCCO1. The van der Waals surface area contributed by atoms with Crippen molar-refractivity contribution >= 4 is 22.8 Å². The zero-order valence-corrected chi connectivity index (χ0v) is 12.6. The molecule has 2 amide bonds. The lowest BCUT2D eigenvalue weighted by atomic mass is 10.1. The van der Waals surface area contributed by atoms with Crippen LogP contribution in [0.3, 0.4) is 0 Å². The molecule has 2 atom stereocenters. The molecular weight excluding hydrogens is 296 g/mol. The van der Waals surface area contributed by atoms with Crippen molar-refractivity contribution in [1.29, 1.82) is 0 Å². The van der Waals surface area contributed by atoms with Crippen molar-refractivity contribution in [3.8, 4) is 0 Å². The zero-order chi connectivity index (χ0) is 16.2. The molecule has 23 heavy (non-hydrogen) atoms. The second-order valence-corrected chi connectivity index (χ2v) is 5.52. The average molecular weight is 314 g/mol. The number of primary amides is 1. The van der Waals surface area contributed by atoms with Crippen LogP contribution in [0.2, 0.25) is 0 Å². The van der Waals surface area contributed by atoms with Crippen molar-refractivity contribution in [1.82, 2.24) is 15.3 Å². The van der Waals surface area contributed by atoms with Crippen LogP contribution in [0.25, 0.3) is 11.0 Å². The summed E-state index contributed by atoms with van der Waals surface area (Å²) >= 11 is 0. The number of hydrogen-bond donors (Lipinski definition) is 2. The van der Waals surface area contributed by atoms with Gasteiger partial charge in [0.25, 0.3) is 0 Å². The number of nitrogens with one attached hydrogen (secondary N) is 1. The lowest BCUT2D eigenvalue weighted by molar-refractivity contribution is -0.133. The summed E-state index contributed by atoms with van der Waals surface area (Å²) in [6.07, 6.45) is 2.80. The van der Waals surface area contributed by atoms with Gasteiger partial charge in [-0.1, -0.05) is 12.1 Å². The highest BCUT2D eigenvalue weighted by Crippen LogP contribution is 2.13. The number of nitrogens with zero attached hydrogens (tertiary/aromatic N) is 2. The number of fused-ring (bicyclic) bond motifs is 1. The molecule has 1 fully saturated rings. The summed E-state index contributed by atoms with van der Waals surface area (Å²) < 4.78 is 5.31. The molecule has 0 spiro atoms. The number of hydrogen-bond acceptors (Lipinski definition) is 5. The van der Waals surface area contributed by atoms with E-state index in [0.29, 0.717) is 18.7 Å². The van der Waals surface area contributed by atoms with Crippen LogP contribution in [0.1, 0.15) is 18.5 Å². The summed E-state index contributed by atoms with van der Waals surface area (Å²) in [6.45, 7) is 0.565. The molecule has 7 heteroatoms. The Morgan fingerprint density at radius 2 is 2.13 bits per heavy atom. The van der Waals surface area contributed by atoms with E-state index in [-0.39, 0.29) is 12.3 Å². The van der Waals surface area contributed by atoms with E-state index in [4.69, 9.17) is 10.5 Å². The predicted octanol–water partition coefficient (Wildman–Crippen LogP) is 0.321. The third-order valence-electron chi connectivity index (χ3n) is 3.79. The second kappa shape index (κ2) is 6.70. The molecule has 2 heterocycles. The van der Waals surface area contributed by atoms with Gasteiger partial charge >= 0.3 is 0 Å². The first-order chi connectivity index (χ1) is 11.1. The summed E-state index contributed by atoms with van der Waals surface area (Å²) in [6, 6.07) is 6.62. The monoisotopic (exact) mass is 314 g/mol. The summed E-state index contributed by atoms with van der Waals surface area (Å²) in [5, 5.41) is 2.65. The van der Waals surface area contributed by atoms with Crippen molar-refractivity contribution in [3.05, 3.63) is 36.2 Å². The van der Waals surface area contributed by atoms with E-state index < -0.39 is 18.1 Å². The molecule has 3 rings (SSSR count). The first-order valence-corrected chi connectivity index (χ1v) is 7.55. The largest absolute Gasteiger partial charge is 0.368 e. The summed E-state index contributed by atoms with van der Waals surface area (Å²) in [7, 11) is 0. The maximum Gasteiger partial charge on any atom is 0.249 e. The van der Waals surface area contributed by atoms with Gasteiger partial charge < -0.3 is 15.8 Å². The molecule has 3 N–H and O–H groups in total. The highest BCUT2D eigenvalue weighted by molar-refractivity contribution is 5.88. The molecule has 120 valence electrons. The summed E-state index contributed by atoms with van der Waals surface area (Å²) in [4.78, 5) is 32.5. The molecule has 1 aliphatic heterocycles. The van der Waals surface area contributed by atoms with E-state index >= 15 is 0 Å².